The van der Waals surface area contributed by atoms with E-state index in [4.69, 9.17) is 9.47 Å². The topological polar surface area (TPSA) is 50.8 Å². The summed E-state index contributed by atoms with van der Waals surface area (Å²) in [5.41, 5.74) is 4.33. The number of nitrogens with one attached hydrogen (secondary N) is 1. The van der Waals surface area contributed by atoms with E-state index < -0.39 is 0 Å². The molecular weight excluding hydrogens is 340 g/mol. The number of morpholine rings is 1. The van der Waals surface area contributed by atoms with Gasteiger partial charge in [0.1, 0.15) is 5.75 Å². The lowest BCUT2D eigenvalue weighted by atomic mass is 9.87. The Labute approximate surface area is 160 Å². The summed E-state index contributed by atoms with van der Waals surface area (Å²) in [5, 5.41) is 3.21. The number of amides is 1. The highest BCUT2D eigenvalue weighted by Crippen LogP contribution is 2.32. The van der Waals surface area contributed by atoms with E-state index in [1.807, 2.05) is 30.3 Å². The zero-order chi connectivity index (χ0) is 18.6. The van der Waals surface area contributed by atoms with Crippen molar-refractivity contribution in [2.45, 2.75) is 25.3 Å². The van der Waals surface area contributed by atoms with E-state index in [1.165, 1.54) is 11.1 Å². The summed E-state index contributed by atoms with van der Waals surface area (Å²) in [6.45, 7) is 3.31. The fourth-order valence-corrected chi connectivity index (χ4v) is 3.95. The lowest BCUT2D eigenvalue weighted by Gasteiger charge is -2.29. The summed E-state index contributed by atoms with van der Waals surface area (Å²) in [7, 11) is 1.68. The molecule has 1 aliphatic carbocycles. The third-order valence-electron chi connectivity index (χ3n) is 5.48. The van der Waals surface area contributed by atoms with Crippen LogP contribution >= 0.6 is 0 Å². The Kier molecular flexibility index (Phi) is 5.30. The summed E-state index contributed by atoms with van der Waals surface area (Å²) in [6, 6.07) is 14.1. The predicted molar refractivity (Wildman–Crippen MR) is 106 cm³/mol. The molecule has 5 nitrogen and oxygen atoms in total. The van der Waals surface area contributed by atoms with E-state index in [0.29, 0.717) is 5.56 Å². The molecule has 2 aromatic rings. The average Bonchev–Trinajstić information content (AvgIpc) is 2.74. The summed E-state index contributed by atoms with van der Waals surface area (Å²) in [6.07, 6.45) is 3.07. The molecule has 1 saturated heterocycles. The monoisotopic (exact) mass is 366 g/mol. The maximum atomic E-state index is 12.8. The van der Waals surface area contributed by atoms with Crippen molar-refractivity contribution < 1.29 is 14.3 Å². The third-order valence-corrected chi connectivity index (χ3v) is 5.48. The molecule has 0 aromatic heterocycles. The van der Waals surface area contributed by atoms with E-state index in [-0.39, 0.29) is 11.9 Å². The van der Waals surface area contributed by atoms with Crippen LogP contribution in [0, 0.1) is 0 Å². The van der Waals surface area contributed by atoms with Gasteiger partial charge in [0.2, 0.25) is 0 Å². The minimum atomic E-state index is -0.0165. The number of ether oxygens (including phenoxy) is 2. The molecule has 1 amide bonds. The molecule has 1 N–H and O–H groups in total. The molecule has 27 heavy (non-hydrogen) atoms. The van der Waals surface area contributed by atoms with Gasteiger partial charge in [-0.05, 0) is 66.8 Å². The second-order valence-corrected chi connectivity index (χ2v) is 7.13. The summed E-state index contributed by atoms with van der Waals surface area (Å²) < 4.78 is 10.7. The first-order valence-electron chi connectivity index (χ1n) is 9.65. The molecule has 1 aliphatic heterocycles. The summed E-state index contributed by atoms with van der Waals surface area (Å²) in [5.74, 6) is 0.858. The lowest BCUT2D eigenvalue weighted by Crippen LogP contribution is -2.36. The SMILES string of the molecule is COc1ccc2c(c1)CCC[C@@H]2NC(=O)c1ccc(N2CCOCC2)cc1. The first-order valence-corrected chi connectivity index (χ1v) is 9.65. The summed E-state index contributed by atoms with van der Waals surface area (Å²) >= 11 is 0. The Morgan fingerprint density at radius 2 is 1.93 bits per heavy atom. The smallest absolute Gasteiger partial charge is 0.251 e. The van der Waals surface area contributed by atoms with Crippen molar-refractivity contribution >= 4 is 11.6 Å². The number of hydrogen-bond acceptors (Lipinski definition) is 4. The zero-order valence-corrected chi connectivity index (χ0v) is 15.7. The van der Waals surface area contributed by atoms with Crippen LogP contribution in [-0.2, 0) is 11.2 Å². The second-order valence-electron chi connectivity index (χ2n) is 7.13. The van der Waals surface area contributed by atoms with Crippen LogP contribution in [0.4, 0.5) is 5.69 Å². The fraction of sp³-hybridized carbons (Fsp3) is 0.409. The molecule has 0 radical (unpaired) electrons. The van der Waals surface area contributed by atoms with Crippen molar-refractivity contribution in [1.29, 1.82) is 0 Å². The standard InChI is InChI=1S/C22H26N2O3/c1-26-19-9-10-20-17(15-19)3-2-4-21(20)23-22(25)16-5-7-18(8-6-16)24-11-13-27-14-12-24/h5-10,15,21H,2-4,11-14H2,1H3,(H,23,25)/t21-/m0/s1. The van der Waals surface area contributed by atoms with E-state index in [2.05, 4.69) is 22.3 Å². The van der Waals surface area contributed by atoms with Crippen molar-refractivity contribution in [2.75, 3.05) is 38.3 Å². The van der Waals surface area contributed by atoms with Crippen molar-refractivity contribution in [3.05, 3.63) is 59.2 Å². The minimum absolute atomic E-state index is 0.0165. The van der Waals surface area contributed by atoms with Gasteiger partial charge in [-0.25, -0.2) is 0 Å². The molecule has 0 bridgehead atoms. The van der Waals surface area contributed by atoms with E-state index in [0.717, 1.165) is 57.0 Å². The Morgan fingerprint density at radius 3 is 2.67 bits per heavy atom. The van der Waals surface area contributed by atoms with Gasteiger partial charge in [0, 0.05) is 24.3 Å². The van der Waals surface area contributed by atoms with Gasteiger partial charge < -0.3 is 19.7 Å². The number of hydrogen-bond donors (Lipinski definition) is 1. The number of fused-ring (bicyclic) bond motifs is 1. The highest BCUT2D eigenvalue weighted by molar-refractivity contribution is 5.94. The molecule has 1 fully saturated rings. The number of rotatable bonds is 4. The van der Waals surface area contributed by atoms with Crippen LogP contribution in [0.5, 0.6) is 5.75 Å². The van der Waals surface area contributed by atoms with Gasteiger partial charge in [-0.15, -0.1) is 0 Å². The quantitative estimate of drug-likeness (QED) is 0.902. The molecule has 0 spiro atoms. The van der Waals surface area contributed by atoms with Gasteiger partial charge in [0.15, 0.2) is 0 Å². The van der Waals surface area contributed by atoms with Crippen LogP contribution in [0.3, 0.4) is 0 Å². The molecule has 4 rings (SSSR count). The maximum absolute atomic E-state index is 12.8. The Morgan fingerprint density at radius 1 is 1.15 bits per heavy atom. The number of carbonyl (C=O) groups excluding carboxylic acids is 1. The molecule has 142 valence electrons. The van der Waals surface area contributed by atoms with Crippen molar-refractivity contribution in [3.8, 4) is 5.75 Å². The molecular formula is C22H26N2O3. The lowest BCUT2D eigenvalue weighted by molar-refractivity contribution is 0.0932. The molecule has 1 heterocycles. The fourth-order valence-electron chi connectivity index (χ4n) is 3.95. The van der Waals surface area contributed by atoms with E-state index in [9.17, 15) is 4.79 Å². The highest BCUT2D eigenvalue weighted by atomic mass is 16.5. The van der Waals surface area contributed by atoms with Gasteiger partial charge >= 0.3 is 0 Å². The third kappa shape index (κ3) is 3.93. The van der Waals surface area contributed by atoms with E-state index in [1.54, 1.807) is 7.11 Å². The van der Waals surface area contributed by atoms with Gasteiger partial charge in [0.05, 0.1) is 26.4 Å². The largest absolute Gasteiger partial charge is 0.497 e. The van der Waals surface area contributed by atoms with Crippen molar-refractivity contribution in [3.63, 3.8) is 0 Å². The number of nitrogens with zero attached hydrogens (tertiary/aromatic N) is 1. The first kappa shape index (κ1) is 17.9. The van der Waals surface area contributed by atoms with Gasteiger partial charge in [-0.2, -0.15) is 0 Å². The highest BCUT2D eigenvalue weighted by Gasteiger charge is 2.23. The molecule has 0 saturated carbocycles. The molecule has 5 heteroatoms. The Hall–Kier alpha value is -2.53. The van der Waals surface area contributed by atoms with Gasteiger partial charge in [0.25, 0.3) is 5.91 Å². The zero-order valence-electron chi connectivity index (χ0n) is 15.7. The molecule has 2 aliphatic rings. The average molecular weight is 366 g/mol. The molecule has 1 atom stereocenters. The normalized spacial score (nSPS) is 19.3. The predicted octanol–water partition coefficient (Wildman–Crippen LogP) is 3.34. The van der Waals surface area contributed by atoms with Crippen molar-refractivity contribution in [2.24, 2.45) is 0 Å². The van der Waals surface area contributed by atoms with E-state index >= 15 is 0 Å². The van der Waals surface area contributed by atoms with Gasteiger partial charge in [-0.3, -0.25) is 4.79 Å². The van der Waals surface area contributed by atoms with Crippen LogP contribution in [0.15, 0.2) is 42.5 Å². The van der Waals surface area contributed by atoms with Crippen LogP contribution in [0.2, 0.25) is 0 Å². The number of anilines is 1. The second kappa shape index (κ2) is 8.01. The van der Waals surface area contributed by atoms with Crippen molar-refractivity contribution in [1.82, 2.24) is 5.32 Å². The minimum Gasteiger partial charge on any atom is -0.497 e. The van der Waals surface area contributed by atoms with Crippen LogP contribution in [-0.4, -0.2) is 39.3 Å². The van der Waals surface area contributed by atoms with Crippen LogP contribution in [0.1, 0.15) is 40.4 Å². The maximum Gasteiger partial charge on any atom is 0.251 e. The first-order chi connectivity index (χ1) is 13.2. The van der Waals surface area contributed by atoms with Crippen LogP contribution in [0.25, 0.3) is 0 Å². The number of benzene rings is 2. The van der Waals surface area contributed by atoms with Gasteiger partial charge in [-0.1, -0.05) is 6.07 Å². The number of methoxy groups -OCH3 is 1. The number of aryl methyl sites for hydroxylation is 1. The number of carbonyl (C=O) groups is 1. The molecule has 2 aromatic carbocycles. The molecule has 0 unspecified atom stereocenters. The van der Waals surface area contributed by atoms with Crippen LogP contribution < -0.4 is 15.0 Å². The Balaban J connectivity index is 1.45. The Bertz CT molecular complexity index is 798. The summed E-state index contributed by atoms with van der Waals surface area (Å²) in [4.78, 5) is 15.1.